The molecule has 0 radical (unpaired) electrons. The number of aliphatic hydroxyl groups excluding tert-OH is 1. The molecule has 19 heavy (non-hydrogen) atoms. The van der Waals surface area contributed by atoms with E-state index in [1.165, 1.54) is 0 Å². The second-order valence-electron chi connectivity index (χ2n) is 4.80. The fourth-order valence-electron chi connectivity index (χ4n) is 2.23. The quantitative estimate of drug-likeness (QED) is 0.816. The van der Waals surface area contributed by atoms with Crippen molar-refractivity contribution < 1.29 is 19.3 Å². The van der Waals surface area contributed by atoms with Crippen LogP contribution in [0.5, 0.6) is 17.2 Å². The first-order valence-corrected chi connectivity index (χ1v) is 6.36. The molecular weight excluding hydrogens is 246 g/mol. The molecule has 1 aromatic rings. The van der Waals surface area contributed by atoms with Gasteiger partial charge in [-0.3, -0.25) is 0 Å². The monoisotopic (exact) mass is 267 g/mol. The van der Waals surface area contributed by atoms with E-state index in [0.717, 1.165) is 18.4 Å². The Kier molecular flexibility index (Phi) is 4.17. The number of benzene rings is 1. The molecule has 0 aromatic heterocycles. The molecule has 2 atom stereocenters. The van der Waals surface area contributed by atoms with Crippen LogP contribution in [0.25, 0.3) is 0 Å². The Balaban J connectivity index is 2.36. The van der Waals surface area contributed by atoms with Gasteiger partial charge in [0.2, 0.25) is 0 Å². The van der Waals surface area contributed by atoms with Crippen LogP contribution in [0.4, 0.5) is 0 Å². The Labute approximate surface area is 113 Å². The standard InChI is InChI=1S/C14H21NO4/c1-17-10-7-12(19-3)11(18-2)6-9(10)13(15)14(16)8-4-5-8/h6-8,13-14,16H,4-5,15H2,1-3H3/t13-,14+/m0/s1. The SMILES string of the molecule is COc1cc(OC)c([C@H](N)[C@H](O)C2CC2)cc1OC. The van der Waals surface area contributed by atoms with Crippen molar-refractivity contribution >= 4 is 0 Å². The topological polar surface area (TPSA) is 73.9 Å². The van der Waals surface area contributed by atoms with Crippen molar-refractivity contribution in [1.29, 1.82) is 0 Å². The zero-order valence-corrected chi connectivity index (χ0v) is 11.6. The molecule has 5 nitrogen and oxygen atoms in total. The van der Waals surface area contributed by atoms with Gasteiger partial charge in [-0.05, 0) is 24.8 Å². The summed E-state index contributed by atoms with van der Waals surface area (Å²) in [6.45, 7) is 0. The summed E-state index contributed by atoms with van der Waals surface area (Å²) in [5.41, 5.74) is 6.88. The highest BCUT2D eigenvalue weighted by Crippen LogP contribution is 2.42. The van der Waals surface area contributed by atoms with E-state index in [1.54, 1.807) is 33.5 Å². The molecule has 0 aliphatic heterocycles. The van der Waals surface area contributed by atoms with E-state index in [-0.39, 0.29) is 0 Å². The summed E-state index contributed by atoms with van der Waals surface area (Å²) in [6, 6.07) is 3.02. The number of hydrogen-bond acceptors (Lipinski definition) is 5. The lowest BCUT2D eigenvalue weighted by Crippen LogP contribution is -2.28. The minimum absolute atomic E-state index is 0.299. The first kappa shape index (κ1) is 14.0. The molecule has 2 rings (SSSR count). The lowest BCUT2D eigenvalue weighted by Gasteiger charge is -2.22. The third kappa shape index (κ3) is 2.77. The number of aliphatic hydroxyl groups is 1. The molecule has 0 amide bonds. The molecule has 0 spiro atoms. The highest BCUT2D eigenvalue weighted by molar-refractivity contribution is 5.52. The molecule has 1 fully saturated rings. The normalized spacial score (nSPS) is 17.7. The summed E-state index contributed by atoms with van der Waals surface area (Å²) in [4.78, 5) is 0. The van der Waals surface area contributed by atoms with Gasteiger partial charge in [0, 0.05) is 11.6 Å². The van der Waals surface area contributed by atoms with Crippen molar-refractivity contribution in [2.45, 2.75) is 25.0 Å². The highest BCUT2D eigenvalue weighted by atomic mass is 16.5. The number of ether oxygens (including phenoxy) is 3. The molecule has 1 aliphatic rings. The summed E-state index contributed by atoms with van der Waals surface area (Å²) in [6.07, 6.45) is 1.52. The van der Waals surface area contributed by atoms with Gasteiger partial charge in [-0.15, -0.1) is 0 Å². The van der Waals surface area contributed by atoms with Crippen LogP contribution in [0.15, 0.2) is 12.1 Å². The van der Waals surface area contributed by atoms with Crippen LogP contribution in [-0.4, -0.2) is 32.5 Å². The number of nitrogens with two attached hydrogens (primary N) is 1. The second-order valence-corrected chi connectivity index (χ2v) is 4.80. The van der Waals surface area contributed by atoms with Gasteiger partial charge in [0.05, 0.1) is 33.5 Å². The maximum absolute atomic E-state index is 10.2. The fraction of sp³-hybridized carbons (Fsp3) is 0.571. The molecule has 0 bridgehead atoms. The van der Waals surface area contributed by atoms with Gasteiger partial charge in [0.15, 0.2) is 11.5 Å². The van der Waals surface area contributed by atoms with E-state index in [1.807, 2.05) is 0 Å². The molecule has 1 aliphatic carbocycles. The summed E-state index contributed by atoms with van der Waals surface area (Å²) in [7, 11) is 4.70. The van der Waals surface area contributed by atoms with Crippen molar-refractivity contribution in [1.82, 2.24) is 0 Å². The minimum atomic E-state index is -0.549. The van der Waals surface area contributed by atoms with E-state index in [4.69, 9.17) is 19.9 Å². The maximum Gasteiger partial charge on any atom is 0.164 e. The van der Waals surface area contributed by atoms with Crippen LogP contribution in [0.1, 0.15) is 24.4 Å². The van der Waals surface area contributed by atoms with E-state index >= 15 is 0 Å². The molecule has 106 valence electrons. The molecule has 0 saturated heterocycles. The number of methoxy groups -OCH3 is 3. The Morgan fingerprint density at radius 3 is 2.05 bits per heavy atom. The molecule has 5 heteroatoms. The van der Waals surface area contributed by atoms with Crippen molar-refractivity contribution in [3.8, 4) is 17.2 Å². The summed E-state index contributed by atoms with van der Waals surface area (Å²) in [5, 5.41) is 10.2. The van der Waals surface area contributed by atoms with Crippen molar-refractivity contribution in [2.75, 3.05) is 21.3 Å². The Morgan fingerprint density at radius 1 is 1.05 bits per heavy atom. The third-order valence-electron chi connectivity index (χ3n) is 3.57. The zero-order valence-electron chi connectivity index (χ0n) is 11.6. The van der Waals surface area contributed by atoms with Crippen LogP contribution in [0.3, 0.4) is 0 Å². The van der Waals surface area contributed by atoms with Gasteiger partial charge in [0.1, 0.15) is 5.75 Å². The lowest BCUT2D eigenvalue weighted by molar-refractivity contribution is 0.121. The first-order chi connectivity index (χ1) is 9.12. The Hall–Kier alpha value is -1.46. The zero-order chi connectivity index (χ0) is 14.0. The molecule has 1 aromatic carbocycles. The lowest BCUT2D eigenvalue weighted by atomic mass is 9.97. The van der Waals surface area contributed by atoms with Crippen LogP contribution in [-0.2, 0) is 0 Å². The largest absolute Gasteiger partial charge is 0.496 e. The minimum Gasteiger partial charge on any atom is -0.496 e. The van der Waals surface area contributed by atoms with E-state index in [0.29, 0.717) is 23.2 Å². The van der Waals surface area contributed by atoms with E-state index in [2.05, 4.69) is 0 Å². The maximum atomic E-state index is 10.2. The van der Waals surface area contributed by atoms with Gasteiger partial charge in [-0.2, -0.15) is 0 Å². The van der Waals surface area contributed by atoms with Gasteiger partial charge >= 0.3 is 0 Å². The average molecular weight is 267 g/mol. The number of rotatable bonds is 6. The second kappa shape index (κ2) is 5.67. The van der Waals surface area contributed by atoms with Crippen LogP contribution >= 0.6 is 0 Å². The van der Waals surface area contributed by atoms with E-state index in [9.17, 15) is 5.11 Å². The highest BCUT2D eigenvalue weighted by Gasteiger charge is 2.35. The van der Waals surface area contributed by atoms with Gasteiger partial charge in [-0.25, -0.2) is 0 Å². The predicted molar refractivity (Wildman–Crippen MR) is 71.8 cm³/mol. The average Bonchev–Trinajstić information content (AvgIpc) is 3.28. The van der Waals surface area contributed by atoms with Crippen LogP contribution in [0.2, 0.25) is 0 Å². The molecular formula is C14H21NO4. The first-order valence-electron chi connectivity index (χ1n) is 6.36. The molecule has 3 N–H and O–H groups in total. The van der Waals surface area contributed by atoms with Gasteiger partial charge < -0.3 is 25.1 Å². The van der Waals surface area contributed by atoms with E-state index < -0.39 is 12.1 Å². The molecule has 1 saturated carbocycles. The summed E-state index contributed by atoms with van der Waals surface area (Å²) >= 11 is 0. The summed E-state index contributed by atoms with van der Waals surface area (Å²) < 4.78 is 15.8. The fourth-order valence-corrected chi connectivity index (χ4v) is 2.23. The van der Waals surface area contributed by atoms with Crippen LogP contribution in [0, 0.1) is 5.92 Å². The molecule has 0 heterocycles. The van der Waals surface area contributed by atoms with Crippen LogP contribution < -0.4 is 19.9 Å². The smallest absolute Gasteiger partial charge is 0.164 e. The Morgan fingerprint density at radius 2 is 1.58 bits per heavy atom. The molecule has 0 unspecified atom stereocenters. The van der Waals surface area contributed by atoms with Crippen molar-refractivity contribution in [2.24, 2.45) is 11.7 Å². The van der Waals surface area contributed by atoms with Gasteiger partial charge in [0.25, 0.3) is 0 Å². The van der Waals surface area contributed by atoms with Crippen molar-refractivity contribution in [3.63, 3.8) is 0 Å². The Bertz CT molecular complexity index is 445. The predicted octanol–water partition coefficient (Wildman–Crippen LogP) is 1.48. The number of hydrogen-bond donors (Lipinski definition) is 2. The van der Waals surface area contributed by atoms with Gasteiger partial charge in [-0.1, -0.05) is 0 Å². The summed E-state index contributed by atoms with van der Waals surface area (Å²) in [5.74, 6) is 2.06. The van der Waals surface area contributed by atoms with Crippen molar-refractivity contribution in [3.05, 3.63) is 17.7 Å². The third-order valence-corrected chi connectivity index (χ3v) is 3.57.